The lowest BCUT2D eigenvalue weighted by Crippen LogP contribution is -2.36. The molecule has 0 aliphatic carbocycles. The van der Waals surface area contributed by atoms with Crippen molar-refractivity contribution >= 4 is 22.6 Å². The average Bonchev–Trinajstić information content (AvgIpc) is 1.89. The van der Waals surface area contributed by atoms with Gasteiger partial charge in [-0.2, -0.15) is 0 Å². The molecule has 2 atom stereocenters. The molecule has 0 spiro atoms. The van der Waals surface area contributed by atoms with Gasteiger partial charge in [0.25, 0.3) is 0 Å². The number of alkyl halides is 1. The quantitative estimate of drug-likeness (QED) is 0.543. The summed E-state index contributed by atoms with van der Waals surface area (Å²) >= 11 is 2.58. The third kappa shape index (κ3) is 2.08. The minimum Gasteiger partial charge on any atom is -0.316 e. The summed E-state index contributed by atoms with van der Waals surface area (Å²) in [5.41, 5.74) is 0. The van der Waals surface area contributed by atoms with Gasteiger partial charge in [0.05, 0.1) is 0 Å². The topological polar surface area (TPSA) is 12.0 Å². The molecule has 0 radical (unpaired) electrons. The highest BCUT2D eigenvalue weighted by atomic mass is 127. The molecule has 1 nitrogen and oxygen atoms in total. The van der Waals surface area contributed by atoms with Crippen molar-refractivity contribution in [3.8, 4) is 0 Å². The Labute approximate surface area is 70.7 Å². The molecule has 1 aliphatic heterocycles. The van der Waals surface area contributed by atoms with E-state index in [9.17, 15) is 0 Å². The molecule has 54 valence electrons. The van der Waals surface area contributed by atoms with Crippen LogP contribution >= 0.6 is 22.6 Å². The van der Waals surface area contributed by atoms with Crippen molar-refractivity contribution in [2.24, 2.45) is 5.92 Å². The lowest BCUT2D eigenvalue weighted by Gasteiger charge is -2.26. The van der Waals surface area contributed by atoms with Crippen molar-refractivity contribution in [3.63, 3.8) is 0 Å². The van der Waals surface area contributed by atoms with Gasteiger partial charge in [-0.15, -0.1) is 0 Å². The molecule has 1 fully saturated rings. The van der Waals surface area contributed by atoms with Crippen molar-refractivity contribution in [1.82, 2.24) is 5.32 Å². The molecule has 0 aromatic carbocycles. The zero-order valence-corrected chi connectivity index (χ0v) is 8.02. The highest BCUT2D eigenvalue weighted by Crippen LogP contribution is 2.22. The van der Waals surface area contributed by atoms with Crippen LogP contribution in [0.2, 0.25) is 0 Å². The van der Waals surface area contributed by atoms with Gasteiger partial charge >= 0.3 is 0 Å². The van der Waals surface area contributed by atoms with Crippen LogP contribution in [0.3, 0.4) is 0 Å². The van der Waals surface area contributed by atoms with Gasteiger partial charge in [0, 0.05) is 3.92 Å². The number of hydrogen-bond donors (Lipinski definition) is 1. The third-order valence-corrected chi connectivity index (χ3v) is 3.68. The summed E-state index contributed by atoms with van der Waals surface area (Å²) in [6, 6.07) is 0. The van der Waals surface area contributed by atoms with E-state index < -0.39 is 0 Å². The maximum Gasteiger partial charge on any atom is 0.0162 e. The van der Waals surface area contributed by atoms with Crippen molar-refractivity contribution < 1.29 is 0 Å². The minimum atomic E-state index is 0.925. The molecule has 0 saturated carbocycles. The van der Waals surface area contributed by atoms with E-state index in [1.165, 1.54) is 25.9 Å². The Morgan fingerprint density at radius 3 is 2.89 bits per heavy atom. The summed E-state index contributed by atoms with van der Waals surface area (Å²) in [4.78, 5) is 0. The molecule has 2 heteroatoms. The van der Waals surface area contributed by atoms with E-state index >= 15 is 0 Å². The van der Waals surface area contributed by atoms with Crippen LogP contribution in [-0.2, 0) is 0 Å². The predicted molar refractivity (Wildman–Crippen MR) is 49.1 cm³/mol. The number of piperidine rings is 1. The Hall–Kier alpha value is 0.690. The maximum atomic E-state index is 3.41. The van der Waals surface area contributed by atoms with E-state index in [-0.39, 0.29) is 0 Å². The molecule has 1 aliphatic rings. The predicted octanol–water partition coefficient (Wildman–Crippen LogP) is 1.81. The Balaban J connectivity index is 2.30. The van der Waals surface area contributed by atoms with Gasteiger partial charge in [-0.05, 0) is 25.4 Å². The second-order valence-corrected chi connectivity index (χ2v) is 4.28. The highest BCUT2D eigenvalue weighted by molar-refractivity contribution is 14.1. The number of rotatable bonds is 1. The van der Waals surface area contributed by atoms with E-state index in [1.54, 1.807) is 0 Å². The SMILES string of the molecule is CCC1CNCCC1I. The van der Waals surface area contributed by atoms with Crippen LogP contribution in [0.5, 0.6) is 0 Å². The molecular weight excluding hydrogens is 225 g/mol. The van der Waals surface area contributed by atoms with Gasteiger partial charge in [-0.25, -0.2) is 0 Å². The molecule has 0 aromatic heterocycles. The number of hydrogen-bond acceptors (Lipinski definition) is 1. The number of halogens is 1. The van der Waals surface area contributed by atoms with Crippen LogP contribution in [0.25, 0.3) is 0 Å². The summed E-state index contributed by atoms with van der Waals surface area (Å²) in [7, 11) is 0. The Kier molecular flexibility index (Phi) is 3.26. The molecule has 1 heterocycles. The minimum absolute atomic E-state index is 0.925. The van der Waals surface area contributed by atoms with Gasteiger partial charge in [0.1, 0.15) is 0 Å². The summed E-state index contributed by atoms with van der Waals surface area (Å²) in [5.74, 6) is 0.930. The van der Waals surface area contributed by atoms with Crippen LogP contribution in [-0.4, -0.2) is 17.0 Å². The van der Waals surface area contributed by atoms with Crippen LogP contribution in [0.4, 0.5) is 0 Å². The zero-order chi connectivity index (χ0) is 6.69. The zero-order valence-electron chi connectivity index (χ0n) is 5.86. The molecule has 0 amide bonds. The Bertz CT molecular complexity index is 85.0. The monoisotopic (exact) mass is 239 g/mol. The van der Waals surface area contributed by atoms with Gasteiger partial charge in [-0.3, -0.25) is 0 Å². The Morgan fingerprint density at radius 2 is 2.44 bits per heavy atom. The van der Waals surface area contributed by atoms with E-state index in [0.29, 0.717) is 0 Å². The van der Waals surface area contributed by atoms with Gasteiger partial charge in [-0.1, -0.05) is 35.9 Å². The van der Waals surface area contributed by atoms with Crippen LogP contribution < -0.4 is 5.32 Å². The molecular formula is C7H14IN. The fraction of sp³-hybridized carbons (Fsp3) is 1.00. The van der Waals surface area contributed by atoms with Crippen LogP contribution in [0.15, 0.2) is 0 Å². The molecule has 1 rings (SSSR count). The first-order chi connectivity index (χ1) is 4.34. The fourth-order valence-corrected chi connectivity index (χ4v) is 2.37. The Morgan fingerprint density at radius 1 is 1.67 bits per heavy atom. The van der Waals surface area contributed by atoms with Crippen molar-refractivity contribution in [2.45, 2.75) is 23.7 Å². The lowest BCUT2D eigenvalue weighted by atomic mass is 9.97. The molecule has 0 bridgehead atoms. The van der Waals surface area contributed by atoms with E-state index in [0.717, 1.165) is 9.84 Å². The largest absolute Gasteiger partial charge is 0.316 e. The first-order valence-corrected chi connectivity index (χ1v) is 4.94. The van der Waals surface area contributed by atoms with Crippen molar-refractivity contribution in [1.29, 1.82) is 0 Å². The normalized spacial score (nSPS) is 36.7. The first-order valence-electron chi connectivity index (χ1n) is 3.69. The number of nitrogens with one attached hydrogen (secondary N) is 1. The molecule has 9 heavy (non-hydrogen) atoms. The lowest BCUT2D eigenvalue weighted by molar-refractivity contribution is 0.391. The van der Waals surface area contributed by atoms with Crippen LogP contribution in [0.1, 0.15) is 19.8 Å². The van der Waals surface area contributed by atoms with E-state index in [4.69, 9.17) is 0 Å². The fourth-order valence-electron chi connectivity index (χ4n) is 1.29. The highest BCUT2D eigenvalue weighted by Gasteiger charge is 2.19. The molecule has 1 N–H and O–H groups in total. The van der Waals surface area contributed by atoms with Crippen molar-refractivity contribution in [2.75, 3.05) is 13.1 Å². The third-order valence-electron chi connectivity index (χ3n) is 2.04. The van der Waals surface area contributed by atoms with Crippen molar-refractivity contribution in [3.05, 3.63) is 0 Å². The molecule has 1 saturated heterocycles. The first kappa shape index (κ1) is 7.79. The molecule has 0 aromatic rings. The standard InChI is InChI=1S/C7H14IN/c1-2-6-5-9-4-3-7(6)8/h6-7,9H,2-5H2,1H3. The van der Waals surface area contributed by atoms with E-state index in [2.05, 4.69) is 34.8 Å². The maximum absolute atomic E-state index is 3.41. The summed E-state index contributed by atoms with van der Waals surface area (Å²) in [6.45, 7) is 4.75. The van der Waals surface area contributed by atoms with Crippen LogP contribution in [0, 0.1) is 5.92 Å². The second kappa shape index (κ2) is 3.76. The summed E-state index contributed by atoms with van der Waals surface area (Å²) < 4.78 is 0.925. The van der Waals surface area contributed by atoms with Gasteiger partial charge in [0.15, 0.2) is 0 Å². The average molecular weight is 239 g/mol. The summed E-state index contributed by atoms with van der Waals surface area (Å²) in [6.07, 6.45) is 2.69. The van der Waals surface area contributed by atoms with E-state index in [1.807, 2.05) is 0 Å². The summed E-state index contributed by atoms with van der Waals surface area (Å²) in [5, 5.41) is 3.41. The smallest absolute Gasteiger partial charge is 0.0162 e. The van der Waals surface area contributed by atoms with Gasteiger partial charge < -0.3 is 5.32 Å². The molecule has 2 unspecified atom stereocenters. The second-order valence-electron chi connectivity index (χ2n) is 2.68. The van der Waals surface area contributed by atoms with Gasteiger partial charge in [0.2, 0.25) is 0 Å².